The smallest absolute Gasteiger partial charge is 0.119 e. The summed E-state index contributed by atoms with van der Waals surface area (Å²) in [4.78, 5) is 1.06. The molecule has 0 radical (unpaired) electrons. The summed E-state index contributed by atoms with van der Waals surface area (Å²) in [6.45, 7) is 0.251. The van der Waals surface area contributed by atoms with E-state index < -0.39 is 6.10 Å². The van der Waals surface area contributed by atoms with Gasteiger partial charge in [-0.3, -0.25) is 0 Å². The predicted octanol–water partition coefficient (Wildman–Crippen LogP) is 2.81. The summed E-state index contributed by atoms with van der Waals surface area (Å²) in [6, 6.07) is 14.9. The van der Waals surface area contributed by atoms with E-state index >= 15 is 0 Å². The van der Waals surface area contributed by atoms with E-state index in [4.69, 9.17) is 15.2 Å². The Bertz CT molecular complexity index is 560. The topological polar surface area (TPSA) is 64.7 Å². The molecule has 2 aromatic carbocycles. The summed E-state index contributed by atoms with van der Waals surface area (Å²) in [5, 5.41) is 9.95. The number of nitrogens with two attached hydrogens (primary N) is 1. The molecule has 0 fully saturated rings. The van der Waals surface area contributed by atoms with Gasteiger partial charge in [0.05, 0.1) is 13.2 Å². The van der Waals surface area contributed by atoms with Crippen LogP contribution in [0.2, 0.25) is 0 Å². The zero-order valence-electron chi connectivity index (χ0n) is 11.9. The fourth-order valence-electron chi connectivity index (χ4n) is 1.69. The minimum atomic E-state index is -0.543. The SMILES string of the molecule is COc1cccc(SCC(O)COc2ccc(N)cc2)c1. The number of aliphatic hydroxyl groups excluding tert-OH is 1. The van der Waals surface area contributed by atoms with Crippen molar-refractivity contribution in [3.05, 3.63) is 48.5 Å². The zero-order chi connectivity index (χ0) is 15.1. The van der Waals surface area contributed by atoms with Gasteiger partial charge in [-0.15, -0.1) is 11.8 Å². The highest BCUT2D eigenvalue weighted by Gasteiger charge is 2.07. The third-order valence-electron chi connectivity index (χ3n) is 2.81. The Kier molecular flexibility index (Phi) is 5.78. The number of aliphatic hydroxyl groups is 1. The minimum Gasteiger partial charge on any atom is -0.497 e. The van der Waals surface area contributed by atoms with E-state index in [1.165, 1.54) is 0 Å². The molecule has 0 saturated carbocycles. The van der Waals surface area contributed by atoms with E-state index in [0.29, 0.717) is 17.2 Å². The minimum absolute atomic E-state index is 0.251. The van der Waals surface area contributed by atoms with Crippen molar-refractivity contribution in [3.8, 4) is 11.5 Å². The third-order valence-corrected chi connectivity index (χ3v) is 3.94. The van der Waals surface area contributed by atoms with Crippen LogP contribution < -0.4 is 15.2 Å². The number of benzene rings is 2. The monoisotopic (exact) mass is 305 g/mol. The van der Waals surface area contributed by atoms with Crippen LogP contribution in [0.25, 0.3) is 0 Å². The fraction of sp³-hybridized carbons (Fsp3) is 0.250. The average Bonchev–Trinajstić information content (AvgIpc) is 2.52. The van der Waals surface area contributed by atoms with E-state index in [1.807, 2.05) is 24.3 Å². The molecule has 0 aliphatic carbocycles. The lowest BCUT2D eigenvalue weighted by Crippen LogP contribution is -2.20. The van der Waals surface area contributed by atoms with E-state index in [1.54, 1.807) is 43.1 Å². The van der Waals surface area contributed by atoms with Crippen LogP contribution in [0.1, 0.15) is 0 Å². The first kappa shape index (κ1) is 15.5. The van der Waals surface area contributed by atoms with Gasteiger partial charge < -0.3 is 20.3 Å². The van der Waals surface area contributed by atoms with Crippen LogP contribution in [-0.4, -0.2) is 30.7 Å². The molecule has 5 heteroatoms. The Hall–Kier alpha value is -1.85. The second-order valence-corrected chi connectivity index (χ2v) is 5.62. The van der Waals surface area contributed by atoms with Gasteiger partial charge in [0.15, 0.2) is 0 Å². The number of ether oxygens (including phenoxy) is 2. The van der Waals surface area contributed by atoms with Gasteiger partial charge in [-0.25, -0.2) is 0 Å². The third kappa shape index (κ3) is 5.21. The first-order valence-corrected chi connectivity index (χ1v) is 7.59. The van der Waals surface area contributed by atoms with Gasteiger partial charge in [-0.1, -0.05) is 6.07 Å². The molecule has 1 atom stereocenters. The van der Waals surface area contributed by atoms with Crippen molar-refractivity contribution >= 4 is 17.4 Å². The molecule has 112 valence electrons. The molecule has 2 aromatic rings. The number of methoxy groups -OCH3 is 1. The molecule has 4 nitrogen and oxygen atoms in total. The van der Waals surface area contributed by atoms with Gasteiger partial charge >= 0.3 is 0 Å². The summed E-state index contributed by atoms with van der Waals surface area (Å²) < 4.78 is 10.7. The lowest BCUT2D eigenvalue weighted by Gasteiger charge is -2.12. The van der Waals surface area contributed by atoms with Gasteiger partial charge in [0.1, 0.15) is 18.1 Å². The van der Waals surface area contributed by atoms with Crippen molar-refractivity contribution in [2.75, 3.05) is 25.2 Å². The van der Waals surface area contributed by atoms with Gasteiger partial charge in [0.25, 0.3) is 0 Å². The maximum Gasteiger partial charge on any atom is 0.119 e. The van der Waals surface area contributed by atoms with Gasteiger partial charge in [-0.05, 0) is 42.5 Å². The molecule has 0 aliphatic rings. The molecule has 0 amide bonds. The van der Waals surface area contributed by atoms with Crippen molar-refractivity contribution in [3.63, 3.8) is 0 Å². The van der Waals surface area contributed by atoms with Crippen molar-refractivity contribution in [1.82, 2.24) is 0 Å². The Morgan fingerprint density at radius 2 is 1.90 bits per heavy atom. The first-order chi connectivity index (χ1) is 10.2. The highest BCUT2D eigenvalue weighted by Crippen LogP contribution is 2.23. The van der Waals surface area contributed by atoms with Gasteiger partial charge in [0.2, 0.25) is 0 Å². The van der Waals surface area contributed by atoms with Crippen molar-refractivity contribution in [2.45, 2.75) is 11.0 Å². The van der Waals surface area contributed by atoms with Crippen molar-refractivity contribution in [2.24, 2.45) is 0 Å². The van der Waals surface area contributed by atoms with Crippen LogP contribution in [0.3, 0.4) is 0 Å². The molecule has 0 bridgehead atoms. The summed E-state index contributed by atoms with van der Waals surface area (Å²) in [5.41, 5.74) is 6.29. The lowest BCUT2D eigenvalue weighted by molar-refractivity contribution is 0.126. The summed E-state index contributed by atoms with van der Waals surface area (Å²) in [6.07, 6.45) is -0.543. The second-order valence-electron chi connectivity index (χ2n) is 4.52. The quantitative estimate of drug-likeness (QED) is 0.608. The Morgan fingerprint density at radius 3 is 2.62 bits per heavy atom. The van der Waals surface area contributed by atoms with Crippen molar-refractivity contribution in [1.29, 1.82) is 0 Å². The molecule has 2 rings (SSSR count). The standard InChI is InChI=1S/C16H19NO3S/c1-19-15-3-2-4-16(9-15)21-11-13(18)10-20-14-7-5-12(17)6-8-14/h2-9,13,18H,10-11,17H2,1H3. The number of hydrogen-bond donors (Lipinski definition) is 2. The molecule has 3 N–H and O–H groups in total. The Balaban J connectivity index is 1.76. The molecular weight excluding hydrogens is 286 g/mol. The average molecular weight is 305 g/mol. The maximum atomic E-state index is 9.95. The summed E-state index contributed by atoms with van der Waals surface area (Å²) in [5.74, 6) is 2.07. The zero-order valence-corrected chi connectivity index (χ0v) is 12.7. The molecule has 0 aromatic heterocycles. The molecule has 0 aliphatic heterocycles. The van der Waals surface area contributed by atoms with Crippen LogP contribution >= 0.6 is 11.8 Å². The fourth-order valence-corrected chi connectivity index (χ4v) is 2.54. The number of anilines is 1. The largest absolute Gasteiger partial charge is 0.497 e. The number of rotatable bonds is 7. The maximum absolute atomic E-state index is 9.95. The number of nitrogen functional groups attached to an aromatic ring is 1. The summed E-state index contributed by atoms with van der Waals surface area (Å²) >= 11 is 1.57. The van der Waals surface area contributed by atoms with E-state index in [0.717, 1.165) is 10.6 Å². The molecule has 0 saturated heterocycles. The van der Waals surface area contributed by atoms with Crippen LogP contribution in [0.4, 0.5) is 5.69 Å². The Labute approximate surface area is 128 Å². The lowest BCUT2D eigenvalue weighted by atomic mass is 10.3. The normalized spacial score (nSPS) is 11.9. The molecule has 0 spiro atoms. The van der Waals surface area contributed by atoms with Crippen LogP contribution in [0, 0.1) is 0 Å². The molecule has 1 unspecified atom stereocenters. The molecule has 21 heavy (non-hydrogen) atoms. The van der Waals surface area contributed by atoms with E-state index in [-0.39, 0.29) is 6.61 Å². The molecule has 0 heterocycles. The summed E-state index contributed by atoms with van der Waals surface area (Å²) in [7, 11) is 1.64. The van der Waals surface area contributed by atoms with E-state index in [2.05, 4.69) is 0 Å². The van der Waals surface area contributed by atoms with Gasteiger partial charge in [-0.2, -0.15) is 0 Å². The first-order valence-electron chi connectivity index (χ1n) is 6.60. The van der Waals surface area contributed by atoms with E-state index in [9.17, 15) is 5.11 Å². The second kappa shape index (κ2) is 7.81. The van der Waals surface area contributed by atoms with Crippen LogP contribution in [0.5, 0.6) is 11.5 Å². The van der Waals surface area contributed by atoms with Crippen LogP contribution in [0.15, 0.2) is 53.4 Å². The van der Waals surface area contributed by atoms with Gasteiger partial charge in [0, 0.05) is 16.3 Å². The van der Waals surface area contributed by atoms with Crippen molar-refractivity contribution < 1.29 is 14.6 Å². The highest BCUT2D eigenvalue weighted by molar-refractivity contribution is 7.99. The van der Waals surface area contributed by atoms with Crippen LogP contribution in [-0.2, 0) is 0 Å². The Morgan fingerprint density at radius 1 is 1.14 bits per heavy atom. The number of hydrogen-bond acceptors (Lipinski definition) is 5. The number of thioether (sulfide) groups is 1. The predicted molar refractivity (Wildman–Crippen MR) is 86.1 cm³/mol. The highest BCUT2D eigenvalue weighted by atomic mass is 32.2. The molecular formula is C16H19NO3S.